The van der Waals surface area contributed by atoms with Gasteiger partial charge in [-0.3, -0.25) is 4.79 Å². The highest BCUT2D eigenvalue weighted by Crippen LogP contribution is 2.25. The van der Waals surface area contributed by atoms with E-state index in [2.05, 4.69) is 20.2 Å². The quantitative estimate of drug-likeness (QED) is 0.786. The molecule has 0 radical (unpaired) electrons. The molecule has 0 saturated carbocycles. The zero-order valence-electron chi connectivity index (χ0n) is 13.8. The minimum atomic E-state index is -0.00176. The number of carbonyl (C=O) groups excluding carboxylic acids is 1. The molecular weight excluding hydrogens is 328 g/mol. The molecule has 1 atom stereocenters. The van der Waals surface area contributed by atoms with Crippen LogP contribution in [0.4, 0.5) is 5.95 Å². The molecule has 1 aliphatic rings. The molecule has 3 rings (SSSR count). The van der Waals surface area contributed by atoms with Crippen LogP contribution in [0.2, 0.25) is 5.02 Å². The van der Waals surface area contributed by atoms with Crippen molar-refractivity contribution in [2.24, 2.45) is 5.92 Å². The maximum Gasteiger partial charge on any atom is 0.224 e. The summed E-state index contributed by atoms with van der Waals surface area (Å²) in [6.45, 7) is 2.91. The summed E-state index contributed by atoms with van der Waals surface area (Å²) in [5.74, 6) is 0.928. The molecule has 24 heavy (non-hydrogen) atoms. The van der Waals surface area contributed by atoms with E-state index < -0.39 is 0 Å². The molecule has 0 bridgehead atoms. The fourth-order valence-electron chi connectivity index (χ4n) is 3.07. The lowest BCUT2D eigenvalue weighted by Gasteiger charge is -2.31. The Kier molecular flexibility index (Phi) is 5.58. The van der Waals surface area contributed by atoms with Crippen molar-refractivity contribution < 1.29 is 9.53 Å². The lowest BCUT2D eigenvalue weighted by molar-refractivity contribution is -0.125. The van der Waals surface area contributed by atoms with E-state index in [1.54, 1.807) is 7.11 Å². The average Bonchev–Trinajstić information content (AvgIpc) is 3.02. The number of ether oxygens (including phenoxy) is 1. The van der Waals surface area contributed by atoms with E-state index in [-0.39, 0.29) is 11.8 Å². The van der Waals surface area contributed by atoms with Crippen LogP contribution in [0.1, 0.15) is 19.3 Å². The van der Waals surface area contributed by atoms with Crippen molar-refractivity contribution in [3.8, 4) is 0 Å². The number of rotatable bonds is 6. The highest BCUT2D eigenvalue weighted by molar-refractivity contribution is 6.31. The summed E-state index contributed by atoms with van der Waals surface area (Å²) in [5, 5.41) is 3.68. The Bertz CT molecular complexity index is 703. The van der Waals surface area contributed by atoms with Crippen LogP contribution >= 0.6 is 11.6 Å². The molecule has 130 valence electrons. The number of anilines is 1. The van der Waals surface area contributed by atoms with Crippen LogP contribution in [0.25, 0.3) is 11.0 Å². The zero-order chi connectivity index (χ0) is 16.9. The normalized spacial score (nSPS) is 18.1. The van der Waals surface area contributed by atoms with Crippen LogP contribution in [-0.2, 0) is 9.53 Å². The number of carbonyl (C=O) groups is 1. The molecule has 0 aliphatic carbocycles. The molecule has 2 aromatic rings. The van der Waals surface area contributed by atoms with Crippen LogP contribution in [-0.4, -0.2) is 49.2 Å². The molecule has 1 fully saturated rings. The first-order chi connectivity index (χ1) is 11.7. The minimum Gasteiger partial charge on any atom is -0.385 e. The molecule has 7 heteroatoms. The number of benzene rings is 1. The molecule has 0 unspecified atom stereocenters. The van der Waals surface area contributed by atoms with Gasteiger partial charge in [-0.1, -0.05) is 11.6 Å². The highest BCUT2D eigenvalue weighted by Gasteiger charge is 2.27. The lowest BCUT2D eigenvalue weighted by Crippen LogP contribution is -2.43. The maximum absolute atomic E-state index is 12.3. The number of aromatic amines is 1. The molecule has 1 aromatic carbocycles. The van der Waals surface area contributed by atoms with Gasteiger partial charge in [0.25, 0.3) is 0 Å². The second-order valence-corrected chi connectivity index (χ2v) is 6.58. The Morgan fingerprint density at radius 1 is 1.54 bits per heavy atom. The van der Waals surface area contributed by atoms with Crippen molar-refractivity contribution in [1.29, 1.82) is 0 Å². The zero-order valence-corrected chi connectivity index (χ0v) is 14.6. The molecule has 1 amide bonds. The van der Waals surface area contributed by atoms with Crippen LogP contribution in [0.5, 0.6) is 0 Å². The first kappa shape index (κ1) is 17.0. The Hall–Kier alpha value is -1.79. The number of piperidine rings is 1. The SMILES string of the molecule is COCCCNC(=O)[C@H]1CCCN(c2nc3ccc(Cl)cc3[nH]2)C1. The van der Waals surface area contributed by atoms with Crippen LogP contribution < -0.4 is 10.2 Å². The molecule has 1 saturated heterocycles. The summed E-state index contributed by atoms with van der Waals surface area (Å²) in [5.41, 5.74) is 1.81. The number of hydrogen-bond donors (Lipinski definition) is 2. The van der Waals surface area contributed by atoms with Gasteiger partial charge in [-0.2, -0.15) is 0 Å². The second-order valence-electron chi connectivity index (χ2n) is 6.14. The molecule has 2 N–H and O–H groups in total. The fraction of sp³-hybridized carbons (Fsp3) is 0.529. The first-order valence-electron chi connectivity index (χ1n) is 8.34. The second kappa shape index (κ2) is 7.85. The largest absolute Gasteiger partial charge is 0.385 e. The van der Waals surface area contributed by atoms with Gasteiger partial charge in [0.1, 0.15) is 0 Å². The summed E-state index contributed by atoms with van der Waals surface area (Å²) >= 11 is 6.03. The third-order valence-electron chi connectivity index (χ3n) is 4.35. The number of methoxy groups -OCH3 is 1. The Balaban J connectivity index is 1.62. The molecule has 0 spiro atoms. The number of hydrogen-bond acceptors (Lipinski definition) is 4. The third-order valence-corrected chi connectivity index (χ3v) is 4.58. The number of aromatic nitrogens is 2. The standard InChI is InChI=1S/C17H23ClN4O2/c1-24-9-3-7-19-16(23)12-4-2-8-22(11-12)17-20-14-6-5-13(18)10-15(14)21-17/h5-6,10,12H,2-4,7-9,11H2,1H3,(H,19,23)(H,20,21)/t12-/m0/s1. The number of nitrogens with zero attached hydrogens (tertiary/aromatic N) is 2. The monoisotopic (exact) mass is 350 g/mol. The van der Waals surface area contributed by atoms with E-state index >= 15 is 0 Å². The van der Waals surface area contributed by atoms with Gasteiger partial charge in [-0.25, -0.2) is 4.98 Å². The lowest BCUT2D eigenvalue weighted by atomic mass is 9.97. The first-order valence-corrected chi connectivity index (χ1v) is 8.72. The number of fused-ring (bicyclic) bond motifs is 1. The van der Waals surface area contributed by atoms with E-state index in [9.17, 15) is 4.79 Å². The maximum atomic E-state index is 12.3. The number of H-pyrrole nitrogens is 1. The summed E-state index contributed by atoms with van der Waals surface area (Å²) in [6.07, 6.45) is 2.73. The van der Waals surface area contributed by atoms with Crippen LogP contribution in [0.15, 0.2) is 18.2 Å². The van der Waals surface area contributed by atoms with Crippen molar-refractivity contribution in [1.82, 2.24) is 15.3 Å². The van der Waals surface area contributed by atoms with Gasteiger partial charge in [-0.05, 0) is 37.5 Å². The topological polar surface area (TPSA) is 70.2 Å². The average molecular weight is 351 g/mol. The fourth-order valence-corrected chi connectivity index (χ4v) is 3.25. The van der Waals surface area contributed by atoms with Crippen molar-refractivity contribution >= 4 is 34.5 Å². The summed E-state index contributed by atoms with van der Waals surface area (Å²) in [7, 11) is 1.67. The summed E-state index contributed by atoms with van der Waals surface area (Å²) in [4.78, 5) is 22.4. The summed E-state index contributed by atoms with van der Waals surface area (Å²) < 4.78 is 5.00. The molecule has 6 nitrogen and oxygen atoms in total. The van der Waals surface area contributed by atoms with E-state index in [1.807, 2.05) is 18.2 Å². The van der Waals surface area contributed by atoms with Gasteiger partial charge < -0.3 is 19.9 Å². The van der Waals surface area contributed by atoms with Crippen molar-refractivity contribution in [3.63, 3.8) is 0 Å². The molecule has 1 aromatic heterocycles. The number of imidazole rings is 1. The summed E-state index contributed by atoms with van der Waals surface area (Å²) in [6, 6.07) is 5.61. The molecular formula is C17H23ClN4O2. The molecule has 1 aliphatic heterocycles. The predicted molar refractivity (Wildman–Crippen MR) is 95.5 cm³/mol. The Morgan fingerprint density at radius 3 is 3.25 bits per heavy atom. The van der Waals surface area contributed by atoms with Crippen molar-refractivity contribution in [2.45, 2.75) is 19.3 Å². The van der Waals surface area contributed by atoms with E-state index in [4.69, 9.17) is 16.3 Å². The van der Waals surface area contributed by atoms with Gasteiger partial charge in [0, 0.05) is 38.4 Å². The van der Waals surface area contributed by atoms with Gasteiger partial charge in [-0.15, -0.1) is 0 Å². The van der Waals surface area contributed by atoms with Gasteiger partial charge in [0.05, 0.1) is 17.0 Å². The van der Waals surface area contributed by atoms with Crippen molar-refractivity contribution in [3.05, 3.63) is 23.2 Å². The van der Waals surface area contributed by atoms with E-state index in [0.717, 1.165) is 42.8 Å². The van der Waals surface area contributed by atoms with Crippen LogP contribution in [0.3, 0.4) is 0 Å². The smallest absolute Gasteiger partial charge is 0.224 e. The number of amides is 1. The highest BCUT2D eigenvalue weighted by atomic mass is 35.5. The van der Waals surface area contributed by atoms with Gasteiger partial charge >= 0.3 is 0 Å². The Morgan fingerprint density at radius 2 is 2.42 bits per heavy atom. The van der Waals surface area contributed by atoms with Gasteiger partial charge in [0.15, 0.2) is 0 Å². The van der Waals surface area contributed by atoms with E-state index in [0.29, 0.717) is 24.7 Å². The number of halogens is 1. The number of nitrogens with one attached hydrogen (secondary N) is 2. The van der Waals surface area contributed by atoms with Gasteiger partial charge in [0.2, 0.25) is 11.9 Å². The van der Waals surface area contributed by atoms with Crippen LogP contribution in [0, 0.1) is 5.92 Å². The van der Waals surface area contributed by atoms with E-state index in [1.165, 1.54) is 0 Å². The van der Waals surface area contributed by atoms with Crippen molar-refractivity contribution in [2.75, 3.05) is 38.3 Å². The predicted octanol–water partition coefficient (Wildman–Crippen LogP) is 2.59. The third kappa shape index (κ3) is 3.99. The molecule has 2 heterocycles. The minimum absolute atomic E-state index is 0.00176. The Labute approximate surface area is 146 Å².